The molecule has 140 valence electrons. The maximum absolute atomic E-state index is 11.8. The van der Waals surface area contributed by atoms with Crippen molar-refractivity contribution in [3.63, 3.8) is 0 Å². The van der Waals surface area contributed by atoms with Crippen LogP contribution in [-0.4, -0.2) is 69.7 Å². The van der Waals surface area contributed by atoms with Gasteiger partial charge in [0.05, 0.1) is 19.6 Å². The number of primary amides is 1. The number of amides is 3. The summed E-state index contributed by atoms with van der Waals surface area (Å²) in [5, 5.41) is 41.2. The number of nitrogens with one attached hydrogen (secondary N) is 3. The first-order chi connectivity index (χ1) is 11.8. The minimum Gasteiger partial charge on any atom is -0.480 e. The number of hydrogen-bond acceptors (Lipinski definition) is 9. The summed E-state index contributed by atoms with van der Waals surface area (Å²) in [6.07, 6.45) is -0.394. The Morgan fingerprint density at radius 3 is 2.16 bits per heavy atom. The van der Waals surface area contributed by atoms with E-state index >= 15 is 0 Å². The van der Waals surface area contributed by atoms with Crippen LogP contribution in [0.1, 0.15) is 30.3 Å². The minimum atomic E-state index is -1.53. The van der Waals surface area contributed by atoms with Crippen LogP contribution in [0, 0.1) is 0 Å². The number of aliphatic hydroxyl groups is 2. The van der Waals surface area contributed by atoms with Crippen LogP contribution in [0.3, 0.4) is 0 Å². The van der Waals surface area contributed by atoms with E-state index in [1.54, 1.807) is 7.05 Å². The second-order valence-electron chi connectivity index (χ2n) is 4.92. The number of carboxylic acid groups (broad SMARTS) is 1. The molecule has 1 aromatic rings. The standard InChI is InChI=1S/C12H20N6O7/c1-14-6(3-19)10-18-17-9(25-10)5(2-8(13)21)15-12(24)16-7(4-20)11(22)23/h5-7,14,19-20H,2-4H2,1H3,(H2,13,21)(H,22,23)(H2,15,16,24)/t5-,6-,7-/m0/s1. The number of hydrogen-bond donors (Lipinski definition) is 7. The summed E-state index contributed by atoms with van der Waals surface area (Å²) in [7, 11) is 1.55. The fourth-order valence-electron chi connectivity index (χ4n) is 1.77. The van der Waals surface area contributed by atoms with Gasteiger partial charge in [0.25, 0.3) is 0 Å². The molecule has 0 aliphatic carbocycles. The van der Waals surface area contributed by atoms with E-state index < -0.39 is 49.1 Å². The predicted molar refractivity (Wildman–Crippen MR) is 79.9 cm³/mol. The summed E-state index contributed by atoms with van der Waals surface area (Å²) < 4.78 is 5.31. The van der Waals surface area contributed by atoms with Crippen LogP contribution >= 0.6 is 0 Å². The van der Waals surface area contributed by atoms with Gasteiger partial charge in [0.2, 0.25) is 17.7 Å². The number of aliphatic hydroxyl groups excluding tert-OH is 2. The summed E-state index contributed by atoms with van der Waals surface area (Å²) in [5.74, 6) is -2.36. The molecule has 0 radical (unpaired) electrons. The Bertz CT molecular complexity index is 603. The third kappa shape index (κ3) is 5.98. The molecule has 0 aromatic carbocycles. The predicted octanol–water partition coefficient (Wildman–Crippen LogP) is -3.02. The molecule has 0 bridgehead atoms. The van der Waals surface area contributed by atoms with Crippen LogP contribution < -0.4 is 21.7 Å². The van der Waals surface area contributed by atoms with Crippen LogP contribution in [0.15, 0.2) is 4.42 Å². The van der Waals surface area contributed by atoms with Gasteiger partial charge in [-0.05, 0) is 7.05 Å². The number of urea groups is 1. The van der Waals surface area contributed by atoms with E-state index in [9.17, 15) is 19.5 Å². The first kappa shape index (κ1) is 20.3. The van der Waals surface area contributed by atoms with E-state index in [-0.39, 0.29) is 18.4 Å². The number of nitrogens with two attached hydrogens (primary N) is 1. The van der Waals surface area contributed by atoms with E-state index in [0.29, 0.717) is 0 Å². The highest BCUT2D eigenvalue weighted by Gasteiger charge is 2.27. The Balaban J connectivity index is 2.89. The number of aromatic nitrogens is 2. The average molecular weight is 360 g/mol. The molecule has 1 heterocycles. The van der Waals surface area contributed by atoms with E-state index in [1.807, 2.05) is 5.32 Å². The maximum atomic E-state index is 11.8. The van der Waals surface area contributed by atoms with Gasteiger partial charge in [-0.3, -0.25) is 4.79 Å². The molecule has 3 amide bonds. The molecule has 13 heteroatoms. The van der Waals surface area contributed by atoms with Gasteiger partial charge in [-0.2, -0.15) is 0 Å². The van der Waals surface area contributed by atoms with Gasteiger partial charge >= 0.3 is 12.0 Å². The molecule has 3 atom stereocenters. The van der Waals surface area contributed by atoms with Gasteiger partial charge in [-0.25, -0.2) is 9.59 Å². The molecule has 0 saturated heterocycles. The Kier molecular flexibility index (Phi) is 7.71. The minimum absolute atomic E-state index is 0.0236. The highest BCUT2D eigenvalue weighted by molar-refractivity contribution is 5.83. The molecule has 1 rings (SSSR count). The molecule has 0 spiro atoms. The van der Waals surface area contributed by atoms with Crippen molar-refractivity contribution in [1.82, 2.24) is 26.1 Å². The van der Waals surface area contributed by atoms with Crippen LogP contribution in [0.25, 0.3) is 0 Å². The second-order valence-corrected chi connectivity index (χ2v) is 4.92. The molecule has 13 nitrogen and oxygen atoms in total. The molecule has 1 aromatic heterocycles. The van der Waals surface area contributed by atoms with Crippen molar-refractivity contribution >= 4 is 17.9 Å². The number of carbonyl (C=O) groups excluding carboxylic acids is 2. The SMILES string of the molecule is CN[C@@H](CO)c1nnc([C@H](CC(N)=O)NC(=O)N[C@@H](CO)C(=O)O)o1. The monoisotopic (exact) mass is 360 g/mol. The van der Waals surface area contributed by atoms with E-state index in [2.05, 4.69) is 20.8 Å². The lowest BCUT2D eigenvalue weighted by molar-refractivity contribution is -0.140. The summed E-state index contributed by atoms with van der Waals surface area (Å²) in [6.45, 7) is -1.16. The van der Waals surface area contributed by atoms with E-state index in [4.69, 9.17) is 20.4 Å². The quantitative estimate of drug-likeness (QED) is 0.224. The third-order valence-electron chi connectivity index (χ3n) is 3.08. The lowest BCUT2D eigenvalue weighted by Crippen LogP contribution is -2.49. The largest absolute Gasteiger partial charge is 0.480 e. The normalized spacial score (nSPS) is 14.4. The molecule has 8 N–H and O–H groups in total. The lowest BCUT2D eigenvalue weighted by Gasteiger charge is -2.17. The van der Waals surface area contributed by atoms with Crippen LogP contribution in [0.2, 0.25) is 0 Å². The highest BCUT2D eigenvalue weighted by atomic mass is 16.4. The first-order valence-corrected chi connectivity index (χ1v) is 7.12. The average Bonchev–Trinajstić information content (AvgIpc) is 3.02. The summed E-state index contributed by atoms with van der Waals surface area (Å²) in [5.41, 5.74) is 5.11. The number of aliphatic carboxylic acids is 1. The Hall–Kier alpha value is -2.77. The molecule has 0 saturated carbocycles. The van der Waals surface area contributed by atoms with Crippen molar-refractivity contribution in [3.05, 3.63) is 11.8 Å². The van der Waals surface area contributed by atoms with E-state index in [1.165, 1.54) is 0 Å². The zero-order valence-corrected chi connectivity index (χ0v) is 13.3. The molecular weight excluding hydrogens is 340 g/mol. The summed E-state index contributed by atoms with van der Waals surface area (Å²) in [4.78, 5) is 33.8. The first-order valence-electron chi connectivity index (χ1n) is 7.12. The van der Waals surface area contributed by atoms with E-state index in [0.717, 1.165) is 0 Å². The third-order valence-corrected chi connectivity index (χ3v) is 3.08. The second kappa shape index (κ2) is 9.51. The fourth-order valence-corrected chi connectivity index (χ4v) is 1.77. The highest BCUT2D eigenvalue weighted by Crippen LogP contribution is 2.18. The molecule has 0 aliphatic rings. The number of carboxylic acids is 1. The lowest BCUT2D eigenvalue weighted by atomic mass is 10.2. The van der Waals surface area contributed by atoms with Crippen molar-refractivity contribution in [3.8, 4) is 0 Å². The topological polar surface area (TPSA) is 213 Å². The number of likely N-dealkylation sites (N-methyl/N-ethyl adjacent to an activating group) is 1. The fraction of sp³-hybridized carbons (Fsp3) is 0.583. The van der Waals surface area contributed by atoms with Crippen molar-refractivity contribution in [2.75, 3.05) is 20.3 Å². The van der Waals surface area contributed by atoms with Crippen LogP contribution in [0.5, 0.6) is 0 Å². The zero-order chi connectivity index (χ0) is 19.0. The van der Waals surface area contributed by atoms with Crippen molar-refractivity contribution in [1.29, 1.82) is 0 Å². The summed E-state index contributed by atoms with van der Waals surface area (Å²) in [6, 6.07) is -4.28. The van der Waals surface area contributed by atoms with Gasteiger partial charge in [0.1, 0.15) is 12.1 Å². The molecule has 0 fully saturated rings. The van der Waals surface area contributed by atoms with Crippen molar-refractivity contribution in [2.45, 2.75) is 24.5 Å². The number of carbonyl (C=O) groups is 3. The Morgan fingerprint density at radius 1 is 1.12 bits per heavy atom. The summed E-state index contributed by atoms with van der Waals surface area (Å²) >= 11 is 0. The van der Waals surface area contributed by atoms with Gasteiger partial charge in [0, 0.05) is 0 Å². The number of nitrogens with zero attached hydrogens (tertiary/aromatic N) is 2. The molecular formula is C12H20N6O7. The molecule has 25 heavy (non-hydrogen) atoms. The van der Waals surface area contributed by atoms with Crippen molar-refractivity contribution < 1.29 is 34.1 Å². The molecule has 0 unspecified atom stereocenters. The van der Waals surface area contributed by atoms with Gasteiger partial charge in [-0.15, -0.1) is 10.2 Å². The van der Waals surface area contributed by atoms with Crippen molar-refractivity contribution in [2.24, 2.45) is 5.73 Å². The maximum Gasteiger partial charge on any atom is 0.328 e. The molecule has 0 aliphatic heterocycles. The zero-order valence-electron chi connectivity index (χ0n) is 13.3. The smallest absolute Gasteiger partial charge is 0.328 e. The van der Waals surface area contributed by atoms with Gasteiger partial charge in [-0.1, -0.05) is 0 Å². The van der Waals surface area contributed by atoms with Gasteiger partial charge in [0.15, 0.2) is 6.04 Å². The number of rotatable bonds is 10. The Morgan fingerprint density at radius 2 is 1.72 bits per heavy atom. The Labute approximate surface area is 141 Å². The van der Waals surface area contributed by atoms with Crippen LogP contribution in [0.4, 0.5) is 4.79 Å². The van der Waals surface area contributed by atoms with Gasteiger partial charge < -0.3 is 41.4 Å². The van der Waals surface area contributed by atoms with Crippen LogP contribution in [-0.2, 0) is 9.59 Å².